The fraction of sp³-hybridized carbons (Fsp3) is 0.767. The van der Waals surface area contributed by atoms with Crippen molar-refractivity contribution in [2.75, 3.05) is 0 Å². The molecule has 248 valence electrons. The minimum absolute atomic E-state index is 0.00601. The molecule has 1 unspecified atom stereocenters. The van der Waals surface area contributed by atoms with Gasteiger partial charge in [-0.3, -0.25) is 0 Å². The van der Waals surface area contributed by atoms with Gasteiger partial charge in [-0.2, -0.15) is 0 Å². The summed E-state index contributed by atoms with van der Waals surface area (Å²) in [5, 5.41) is 0. The zero-order valence-corrected chi connectivity index (χ0v) is 33.2. The van der Waals surface area contributed by atoms with Crippen LogP contribution >= 0.6 is 0 Å². The Morgan fingerprint density at radius 3 is 1.30 bits per heavy atom. The Morgan fingerprint density at radius 2 is 0.953 bits per heavy atom. The van der Waals surface area contributed by atoms with E-state index in [9.17, 15) is 0 Å². The summed E-state index contributed by atoms with van der Waals surface area (Å²) in [6.45, 7) is 55.3. The van der Waals surface area contributed by atoms with Crippen molar-refractivity contribution in [3.8, 4) is 0 Å². The van der Waals surface area contributed by atoms with E-state index in [4.69, 9.17) is 0 Å². The van der Waals surface area contributed by atoms with Gasteiger partial charge in [-0.25, -0.2) is 0 Å². The minimum atomic E-state index is -0.0168. The smallest absolute Gasteiger partial charge is 0.00520 e. The van der Waals surface area contributed by atoms with E-state index in [1.54, 1.807) is 0 Å². The van der Waals surface area contributed by atoms with E-state index in [1.807, 2.05) is 0 Å². The Labute approximate surface area is 272 Å². The molecule has 43 heavy (non-hydrogen) atoms. The van der Waals surface area contributed by atoms with Crippen molar-refractivity contribution in [2.45, 2.75) is 181 Å². The van der Waals surface area contributed by atoms with Gasteiger partial charge in [-0.1, -0.05) is 160 Å². The molecule has 0 bridgehead atoms. The number of benzene rings is 1. The lowest BCUT2D eigenvalue weighted by Gasteiger charge is -2.52. The third-order valence-corrected chi connectivity index (χ3v) is 12.8. The second kappa shape index (κ2) is 12.5. The Bertz CT molecular complexity index is 1140. The topological polar surface area (TPSA) is 0 Å². The molecule has 0 fully saturated rings. The van der Waals surface area contributed by atoms with Gasteiger partial charge in [0.05, 0.1) is 0 Å². The summed E-state index contributed by atoms with van der Waals surface area (Å²) in [7, 11) is 0. The fourth-order valence-electron chi connectivity index (χ4n) is 7.37. The first-order valence-corrected chi connectivity index (χ1v) is 17.2. The van der Waals surface area contributed by atoms with Crippen molar-refractivity contribution in [1.82, 2.24) is 0 Å². The first kappa shape index (κ1) is 39.7. The third-order valence-electron chi connectivity index (χ3n) is 12.8. The summed E-state index contributed by atoms with van der Waals surface area (Å²) >= 11 is 0. The van der Waals surface area contributed by atoms with Crippen molar-refractivity contribution >= 4 is 0 Å². The zero-order chi connectivity index (χ0) is 34.4. The lowest BCUT2D eigenvalue weighted by atomic mass is 9.52. The molecular formula is C43H76. The van der Waals surface area contributed by atoms with Gasteiger partial charge in [-0.15, -0.1) is 6.58 Å². The Hall–Kier alpha value is -1.30. The van der Waals surface area contributed by atoms with E-state index >= 15 is 0 Å². The summed E-state index contributed by atoms with van der Waals surface area (Å²) in [6.07, 6.45) is 5.83. The molecule has 0 aliphatic carbocycles. The molecule has 0 aromatic heterocycles. The van der Waals surface area contributed by atoms with Crippen LogP contribution in [0.25, 0.3) is 0 Å². The number of rotatable bonds is 13. The summed E-state index contributed by atoms with van der Waals surface area (Å²) < 4.78 is 0. The molecule has 0 heteroatoms. The maximum atomic E-state index is 4.27. The predicted molar refractivity (Wildman–Crippen MR) is 197 cm³/mol. The Balaban J connectivity index is 3.79. The first-order chi connectivity index (χ1) is 18.7. The molecule has 0 spiro atoms. The first-order valence-electron chi connectivity index (χ1n) is 17.2. The van der Waals surface area contributed by atoms with Crippen molar-refractivity contribution in [3.05, 3.63) is 58.7 Å². The van der Waals surface area contributed by atoms with Crippen LogP contribution < -0.4 is 0 Å². The van der Waals surface area contributed by atoms with Crippen LogP contribution in [-0.4, -0.2) is 0 Å². The van der Waals surface area contributed by atoms with Crippen LogP contribution in [0.1, 0.15) is 181 Å². The number of hydrogen-bond donors (Lipinski definition) is 0. The van der Waals surface area contributed by atoms with Gasteiger partial charge in [0, 0.05) is 0 Å². The van der Waals surface area contributed by atoms with Gasteiger partial charge in [-0.05, 0) is 106 Å². The SMILES string of the molecule is C=C(C)CC(C)(C)C(C)(C)CC(C)(C)C(C)(C)c1cc(C(C)(C)C)cc(C(C)(C)C(C)(C)CC(C)(C)C(C)C=C(C)C)c1. The number of allylic oxidation sites excluding steroid dienone is 3. The van der Waals surface area contributed by atoms with Crippen molar-refractivity contribution < 1.29 is 0 Å². The Morgan fingerprint density at radius 1 is 0.581 bits per heavy atom. The standard InChI is InChI=1S/C43H76/c1-30(2)23-32(5)37(9,10)28-40(15,16)42(19,20)34-24-33(36(6,7)8)25-35(26-34)43(21,22)41(17,18)29-39(13,14)38(11,12)27-31(3)4/h23-26,32H,3,27-29H2,1-2,4-22H3. The molecule has 0 nitrogen and oxygen atoms in total. The van der Waals surface area contributed by atoms with E-state index in [-0.39, 0.29) is 43.3 Å². The molecule has 1 aromatic rings. The van der Waals surface area contributed by atoms with Gasteiger partial charge in [0.1, 0.15) is 0 Å². The molecule has 0 saturated heterocycles. The average molecular weight is 593 g/mol. The van der Waals surface area contributed by atoms with Crippen molar-refractivity contribution in [2.24, 2.45) is 33.0 Å². The van der Waals surface area contributed by atoms with E-state index in [0.717, 1.165) is 19.3 Å². The molecule has 0 N–H and O–H groups in total. The molecule has 0 heterocycles. The van der Waals surface area contributed by atoms with Gasteiger partial charge in [0.2, 0.25) is 0 Å². The average Bonchev–Trinajstić information content (AvgIpc) is 2.75. The molecule has 1 aromatic carbocycles. The van der Waals surface area contributed by atoms with Crippen molar-refractivity contribution in [3.63, 3.8) is 0 Å². The summed E-state index contributed by atoms with van der Waals surface area (Å²) in [6, 6.07) is 7.68. The molecule has 0 saturated carbocycles. The molecule has 0 amide bonds. The van der Waals surface area contributed by atoms with E-state index < -0.39 is 0 Å². The Kier molecular flexibility index (Phi) is 11.5. The van der Waals surface area contributed by atoms with E-state index in [1.165, 1.54) is 27.8 Å². The summed E-state index contributed by atoms with van der Waals surface area (Å²) in [5.41, 5.74) is 7.87. The fourth-order valence-corrected chi connectivity index (χ4v) is 7.37. The molecule has 1 rings (SSSR count). The lowest BCUT2D eigenvalue weighted by molar-refractivity contribution is 0.0226. The summed E-state index contributed by atoms with van der Waals surface area (Å²) in [5.74, 6) is 0.529. The van der Waals surface area contributed by atoms with Crippen LogP contribution in [0.5, 0.6) is 0 Å². The van der Waals surface area contributed by atoms with Crippen molar-refractivity contribution in [1.29, 1.82) is 0 Å². The maximum Gasteiger partial charge on any atom is -0.00520 e. The van der Waals surface area contributed by atoms with Crippen LogP contribution in [-0.2, 0) is 16.2 Å². The molecule has 0 radical (unpaired) electrons. The minimum Gasteiger partial charge on any atom is -0.100 e. The van der Waals surface area contributed by atoms with Crippen LogP contribution in [0, 0.1) is 33.0 Å². The molecular weight excluding hydrogens is 516 g/mol. The molecule has 1 atom stereocenters. The quantitative estimate of drug-likeness (QED) is 0.200. The summed E-state index contributed by atoms with van der Waals surface area (Å²) in [4.78, 5) is 0. The third kappa shape index (κ3) is 8.91. The van der Waals surface area contributed by atoms with Crippen LogP contribution in [0.4, 0.5) is 0 Å². The highest BCUT2D eigenvalue weighted by molar-refractivity contribution is 5.42. The van der Waals surface area contributed by atoms with Crippen LogP contribution in [0.3, 0.4) is 0 Å². The largest absolute Gasteiger partial charge is 0.100 e. The predicted octanol–water partition coefficient (Wildman–Crippen LogP) is 14.0. The second-order valence-electron chi connectivity index (χ2n) is 20.3. The molecule has 0 aliphatic heterocycles. The van der Waals surface area contributed by atoms with Gasteiger partial charge >= 0.3 is 0 Å². The highest BCUT2D eigenvalue weighted by Crippen LogP contribution is 2.56. The maximum absolute atomic E-state index is 4.27. The molecule has 0 aliphatic rings. The van der Waals surface area contributed by atoms with E-state index in [2.05, 4.69) is 176 Å². The number of hydrogen-bond acceptors (Lipinski definition) is 0. The normalized spacial score (nSPS) is 15.4. The van der Waals surface area contributed by atoms with Gasteiger partial charge in [0.15, 0.2) is 0 Å². The lowest BCUT2D eigenvalue weighted by Crippen LogP contribution is -2.45. The van der Waals surface area contributed by atoms with Crippen LogP contribution in [0.2, 0.25) is 0 Å². The van der Waals surface area contributed by atoms with Gasteiger partial charge in [0.25, 0.3) is 0 Å². The zero-order valence-electron chi connectivity index (χ0n) is 33.2. The van der Waals surface area contributed by atoms with E-state index in [0.29, 0.717) is 5.92 Å². The van der Waals surface area contributed by atoms with Gasteiger partial charge < -0.3 is 0 Å². The highest BCUT2D eigenvalue weighted by atomic mass is 14.5. The van der Waals surface area contributed by atoms with Crippen LogP contribution in [0.15, 0.2) is 42.0 Å². The second-order valence-corrected chi connectivity index (χ2v) is 20.3. The highest BCUT2D eigenvalue weighted by Gasteiger charge is 2.48. The monoisotopic (exact) mass is 593 g/mol.